The topological polar surface area (TPSA) is 87.7 Å². The van der Waals surface area contributed by atoms with E-state index in [1.807, 2.05) is 12.1 Å². The summed E-state index contributed by atoms with van der Waals surface area (Å²) in [5, 5.41) is 0. The number of esters is 1. The van der Waals surface area contributed by atoms with Gasteiger partial charge in [-0.25, -0.2) is 4.79 Å². The van der Waals surface area contributed by atoms with E-state index in [0.717, 1.165) is 18.7 Å². The van der Waals surface area contributed by atoms with Crippen LogP contribution in [0.25, 0.3) is 6.08 Å². The van der Waals surface area contributed by atoms with E-state index in [1.165, 1.54) is 44.4 Å². The molecule has 0 unspecified atom stereocenters. The molecule has 7 heteroatoms. The standard InChI is InChI=1S/C19H25N3O4/c1-15(23)20-21-18(24)14-26-19(25)11-8-16-6-9-17(10-7-16)22-12-4-2-3-5-13-22/h6-11H,2-5,12-14H2,1H3,(H,20,23)(H,21,24)/b11-8+. The van der Waals surface area contributed by atoms with E-state index in [0.29, 0.717) is 0 Å². The third kappa shape index (κ3) is 6.96. The molecule has 1 saturated heterocycles. The van der Waals surface area contributed by atoms with E-state index in [2.05, 4.69) is 27.9 Å². The average Bonchev–Trinajstić information content (AvgIpc) is 2.93. The number of nitrogens with one attached hydrogen (secondary N) is 2. The summed E-state index contributed by atoms with van der Waals surface area (Å²) in [4.78, 5) is 36.0. The number of carbonyl (C=O) groups is 3. The molecule has 1 aromatic rings. The molecule has 0 spiro atoms. The molecule has 1 aliphatic rings. The Hall–Kier alpha value is -2.83. The van der Waals surface area contributed by atoms with Crippen LogP contribution in [0.2, 0.25) is 0 Å². The molecule has 0 aromatic heterocycles. The minimum atomic E-state index is -0.625. The molecule has 1 fully saturated rings. The molecule has 1 aromatic carbocycles. The van der Waals surface area contributed by atoms with Crippen molar-refractivity contribution >= 4 is 29.5 Å². The van der Waals surface area contributed by atoms with Gasteiger partial charge in [-0.1, -0.05) is 25.0 Å². The van der Waals surface area contributed by atoms with E-state index in [4.69, 9.17) is 4.74 Å². The van der Waals surface area contributed by atoms with Crippen LogP contribution < -0.4 is 15.8 Å². The smallest absolute Gasteiger partial charge is 0.331 e. The van der Waals surface area contributed by atoms with Crippen LogP contribution >= 0.6 is 0 Å². The molecular weight excluding hydrogens is 334 g/mol. The number of anilines is 1. The van der Waals surface area contributed by atoms with Gasteiger partial charge in [0.05, 0.1) is 0 Å². The predicted octanol–water partition coefficient (Wildman–Crippen LogP) is 1.79. The summed E-state index contributed by atoms with van der Waals surface area (Å²) >= 11 is 0. The Kier molecular flexibility index (Phi) is 7.67. The normalized spacial score (nSPS) is 14.6. The molecule has 0 atom stereocenters. The minimum Gasteiger partial charge on any atom is -0.452 e. The monoisotopic (exact) mass is 359 g/mol. The van der Waals surface area contributed by atoms with Gasteiger partial charge in [0.1, 0.15) is 0 Å². The number of benzene rings is 1. The lowest BCUT2D eigenvalue weighted by molar-refractivity contribution is -0.144. The molecule has 1 aliphatic heterocycles. The second kappa shape index (κ2) is 10.2. The Labute approximate surface area is 153 Å². The fraction of sp³-hybridized carbons (Fsp3) is 0.421. The molecule has 1 heterocycles. The van der Waals surface area contributed by atoms with E-state index < -0.39 is 24.4 Å². The molecule has 0 radical (unpaired) electrons. The predicted molar refractivity (Wildman–Crippen MR) is 99.1 cm³/mol. The Balaban J connectivity index is 1.79. The Morgan fingerprint density at radius 2 is 1.69 bits per heavy atom. The van der Waals surface area contributed by atoms with Crippen LogP contribution in [0.1, 0.15) is 38.2 Å². The lowest BCUT2D eigenvalue weighted by Crippen LogP contribution is -2.42. The number of hydrazine groups is 1. The highest BCUT2D eigenvalue weighted by Crippen LogP contribution is 2.20. The molecule has 0 bridgehead atoms. The van der Waals surface area contributed by atoms with Gasteiger partial charge in [-0.2, -0.15) is 0 Å². The second-order valence-corrected chi connectivity index (χ2v) is 6.16. The van der Waals surface area contributed by atoms with E-state index >= 15 is 0 Å². The van der Waals surface area contributed by atoms with Gasteiger partial charge in [0.25, 0.3) is 5.91 Å². The van der Waals surface area contributed by atoms with Crippen LogP contribution in [0.15, 0.2) is 30.3 Å². The van der Waals surface area contributed by atoms with Crippen molar-refractivity contribution in [1.29, 1.82) is 0 Å². The summed E-state index contributed by atoms with van der Waals surface area (Å²) < 4.78 is 4.79. The first-order valence-electron chi connectivity index (χ1n) is 8.80. The summed E-state index contributed by atoms with van der Waals surface area (Å²) in [6, 6.07) is 8.01. The Morgan fingerprint density at radius 3 is 2.31 bits per heavy atom. The Bertz CT molecular complexity index is 647. The SMILES string of the molecule is CC(=O)NNC(=O)COC(=O)/C=C/c1ccc(N2CCCCCC2)cc1. The zero-order chi connectivity index (χ0) is 18.8. The van der Waals surface area contributed by atoms with Crippen molar-refractivity contribution in [2.24, 2.45) is 0 Å². The minimum absolute atomic E-state index is 0.409. The first-order chi connectivity index (χ1) is 12.5. The highest BCUT2D eigenvalue weighted by molar-refractivity contribution is 5.89. The number of carbonyl (C=O) groups excluding carboxylic acids is 3. The maximum atomic E-state index is 11.6. The number of amides is 2. The molecule has 2 N–H and O–H groups in total. The van der Waals surface area contributed by atoms with Crippen LogP contribution in [-0.2, 0) is 19.1 Å². The van der Waals surface area contributed by atoms with Gasteiger partial charge < -0.3 is 9.64 Å². The third-order valence-corrected chi connectivity index (χ3v) is 4.00. The largest absolute Gasteiger partial charge is 0.452 e. The summed E-state index contributed by atoms with van der Waals surface area (Å²) in [5.41, 5.74) is 6.29. The highest BCUT2D eigenvalue weighted by atomic mass is 16.5. The molecule has 0 aliphatic carbocycles. The van der Waals surface area contributed by atoms with Crippen molar-refractivity contribution in [2.45, 2.75) is 32.6 Å². The van der Waals surface area contributed by atoms with Crippen LogP contribution in [-0.4, -0.2) is 37.5 Å². The number of nitrogens with zero attached hydrogens (tertiary/aromatic N) is 1. The third-order valence-electron chi connectivity index (χ3n) is 4.00. The van der Waals surface area contributed by atoms with Gasteiger partial charge >= 0.3 is 5.97 Å². The lowest BCUT2D eigenvalue weighted by Gasteiger charge is -2.22. The second-order valence-electron chi connectivity index (χ2n) is 6.16. The highest BCUT2D eigenvalue weighted by Gasteiger charge is 2.09. The fourth-order valence-corrected chi connectivity index (χ4v) is 2.67. The Morgan fingerprint density at radius 1 is 1.04 bits per heavy atom. The maximum Gasteiger partial charge on any atom is 0.331 e. The van der Waals surface area contributed by atoms with Crippen molar-refractivity contribution in [3.05, 3.63) is 35.9 Å². The van der Waals surface area contributed by atoms with Crippen LogP contribution in [0.5, 0.6) is 0 Å². The van der Waals surface area contributed by atoms with Crippen molar-refractivity contribution < 1.29 is 19.1 Å². The van der Waals surface area contributed by atoms with E-state index in [1.54, 1.807) is 6.08 Å². The van der Waals surface area contributed by atoms with Gasteiger partial charge in [0.15, 0.2) is 6.61 Å². The van der Waals surface area contributed by atoms with Crippen LogP contribution in [0.4, 0.5) is 5.69 Å². The fourth-order valence-electron chi connectivity index (χ4n) is 2.67. The molecule has 7 nitrogen and oxygen atoms in total. The van der Waals surface area contributed by atoms with Gasteiger partial charge in [0.2, 0.25) is 5.91 Å². The van der Waals surface area contributed by atoms with Gasteiger partial charge in [-0.05, 0) is 36.6 Å². The van der Waals surface area contributed by atoms with Crippen LogP contribution in [0.3, 0.4) is 0 Å². The quantitative estimate of drug-likeness (QED) is 0.475. The number of ether oxygens (including phenoxy) is 1. The number of rotatable bonds is 5. The molecule has 2 amide bonds. The summed E-state index contributed by atoms with van der Waals surface area (Å²) in [7, 11) is 0. The molecule has 2 rings (SSSR count). The van der Waals surface area contributed by atoms with Gasteiger partial charge in [-0.3, -0.25) is 20.4 Å². The molecular formula is C19H25N3O4. The van der Waals surface area contributed by atoms with E-state index in [-0.39, 0.29) is 0 Å². The average molecular weight is 359 g/mol. The van der Waals surface area contributed by atoms with Gasteiger partial charge in [0, 0.05) is 31.8 Å². The van der Waals surface area contributed by atoms with E-state index in [9.17, 15) is 14.4 Å². The first-order valence-corrected chi connectivity index (χ1v) is 8.80. The first kappa shape index (κ1) is 19.5. The van der Waals surface area contributed by atoms with Crippen molar-refractivity contribution in [3.8, 4) is 0 Å². The number of hydrogen-bond acceptors (Lipinski definition) is 5. The van der Waals surface area contributed by atoms with Gasteiger partial charge in [-0.15, -0.1) is 0 Å². The summed E-state index contributed by atoms with van der Waals surface area (Å²) in [6.45, 7) is 2.97. The summed E-state index contributed by atoms with van der Waals surface area (Å²) in [6.07, 6.45) is 7.95. The van der Waals surface area contributed by atoms with Crippen molar-refractivity contribution in [3.63, 3.8) is 0 Å². The zero-order valence-corrected chi connectivity index (χ0v) is 15.0. The van der Waals surface area contributed by atoms with Crippen molar-refractivity contribution in [1.82, 2.24) is 10.9 Å². The molecule has 140 valence electrons. The van der Waals surface area contributed by atoms with Crippen molar-refractivity contribution in [2.75, 3.05) is 24.6 Å². The summed E-state index contributed by atoms with van der Waals surface area (Å²) in [5.74, 6) is -1.64. The lowest BCUT2D eigenvalue weighted by atomic mass is 10.1. The maximum absolute atomic E-state index is 11.6. The zero-order valence-electron chi connectivity index (χ0n) is 15.0. The number of hydrogen-bond donors (Lipinski definition) is 2. The molecule has 26 heavy (non-hydrogen) atoms. The van der Waals surface area contributed by atoms with Crippen LogP contribution in [0, 0.1) is 0 Å². The molecule has 0 saturated carbocycles.